The number of fused-ring (bicyclic) bond motifs is 7. The minimum Gasteiger partial charge on any atom is -0.309 e. The molecule has 0 aliphatic heterocycles. The van der Waals surface area contributed by atoms with Crippen molar-refractivity contribution < 1.29 is 0 Å². The SMILES string of the molecule is c1ccc(-c2ccc3c(c2)c2cc(-c4ccc(-c5ccc6c(ccc7ccccc76)c5)cc4)ccc2n3-c2ccc(-c3ccc4ccccc4c3)cc2)cc1. The lowest BCUT2D eigenvalue weighted by molar-refractivity contribution is 1.18. The smallest absolute Gasteiger partial charge is 0.0541 e. The van der Waals surface area contributed by atoms with Crippen molar-refractivity contribution in [1.29, 1.82) is 0 Å². The van der Waals surface area contributed by atoms with Gasteiger partial charge in [0.25, 0.3) is 0 Å². The maximum absolute atomic E-state index is 2.42. The summed E-state index contributed by atoms with van der Waals surface area (Å²) in [6.45, 7) is 0. The van der Waals surface area contributed by atoms with Crippen molar-refractivity contribution in [2.45, 2.75) is 0 Å². The second-order valence-corrected chi connectivity index (χ2v) is 14.6. The third-order valence-corrected chi connectivity index (χ3v) is 11.4. The first kappa shape index (κ1) is 31.3. The number of nitrogens with zero attached hydrogens (tertiary/aromatic N) is 1. The van der Waals surface area contributed by atoms with Gasteiger partial charge in [-0.15, -0.1) is 0 Å². The van der Waals surface area contributed by atoms with Gasteiger partial charge >= 0.3 is 0 Å². The number of benzene rings is 10. The summed E-state index contributed by atoms with van der Waals surface area (Å²) in [5, 5.41) is 10.1. The lowest BCUT2D eigenvalue weighted by atomic mass is 9.96. The summed E-state index contributed by atoms with van der Waals surface area (Å²) in [6.07, 6.45) is 0. The van der Waals surface area contributed by atoms with E-state index in [1.54, 1.807) is 0 Å². The fourth-order valence-corrected chi connectivity index (χ4v) is 8.51. The molecule has 0 unspecified atom stereocenters. The van der Waals surface area contributed by atoms with Gasteiger partial charge < -0.3 is 4.57 Å². The second-order valence-electron chi connectivity index (χ2n) is 14.6. The summed E-state index contributed by atoms with van der Waals surface area (Å²) in [5.41, 5.74) is 13.3. The molecule has 1 heterocycles. The topological polar surface area (TPSA) is 4.93 Å². The van der Waals surface area contributed by atoms with Crippen molar-refractivity contribution in [2.75, 3.05) is 0 Å². The summed E-state index contributed by atoms with van der Waals surface area (Å²) in [4.78, 5) is 0. The molecule has 0 bridgehead atoms. The first-order valence-electron chi connectivity index (χ1n) is 19.0. The van der Waals surface area contributed by atoms with E-state index in [1.807, 2.05) is 0 Å². The third-order valence-electron chi connectivity index (χ3n) is 11.4. The van der Waals surface area contributed by atoms with E-state index >= 15 is 0 Å². The highest BCUT2D eigenvalue weighted by molar-refractivity contribution is 6.12. The van der Waals surface area contributed by atoms with E-state index in [0.29, 0.717) is 0 Å². The van der Waals surface area contributed by atoms with E-state index in [9.17, 15) is 0 Å². The van der Waals surface area contributed by atoms with Gasteiger partial charge in [-0.1, -0.05) is 164 Å². The van der Waals surface area contributed by atoms with Gasteiger partial charge in [0.1, 0.15) is 0 Å². The molecule has 256 valence electrons. The molecule has 1 aromatic heterocycles. The van der Waals surface area contributed by atoms with Gasteiger partial charge in [-0.25, -0.2) is 0 Å². The van der Waals surface area contributed by atoms with Crippen molar-refractivity contribution in [3.8, 4) is 50.2 Å². The number of hydrogen-bond donors (Lipinski definition) is 0. The van der Waals surface area contributed by atoms with Crippen LogP contribution in [0.4, 0.5) is 0 Å². The molecule has 1 heteroatoms. The summed E-state index contributed by atoms with van der Waals surface area (Å²) >= 11 is 0. The maximum atomic E-state index is 2.42. The summed E-state index contributed by atoms with van der Waals surface area (Å²) in [6, 6.07) is 77.8. The van der Waals surface area contributed by atoms with Crippen LogP contribution in [0.15, 0.2) is 212 Å². The Bertz CT molecular complexity index is 3220. The highest BCUT2D eigenvalue weighted by atomic mass is 15.0. The Hall–Kier alpha value is -7.22. The van der Waals surface area contributed by atoms with Crippen LogP contribution in [0.2, 0.25) is 0 Å². The van der Waals surface area contributed by atoms with Crippen LogP contribution < -0.4 is 0 Å². The number of aromatic nitrogens is 1. The lowest BCUT2D eigenvalue weighted by Crippen LogP contribution is -1.94. The van der Waals surface area contributed by atoms with Gasteiger partial charge in [0.05, 0.1) is 11.0 Å². The van der Waals surface area contributed by atoms with Crippen LogP contribution in [0.5, 0.6) is 0 Å². The Morgan fingerprint density at radius 2 is 0.636 bits per heavy atom. The van der Waals surface area contributed by atoms with Crippen LogP contribution in [0, 0.1) is 0 Å². The molecule has 11 rings (SSSR count). The minimum absolute atomic E-state index is 1.15. The molecule has 0 saturated heterocycles. The standard InChI is InChI=1S/C54H35N/c1-2-8-36(9-3-1)45-25-30-53-51(34-45)52-35-46(39-16-14-38(15-17-39)44-24-29-50-47(33-44)21-19-41-11-6-7-13-49(41)50)26-31-54(52)55(53)48-27-22-40(23-28-48)43-20-18-37-10-4-5-12-42(37)32-43/h1-35H. The molecule has 55 heavy (non-hydrogen) atoms. The Morgan fingerprint density at radius 1 is 0.218 bits per heavy atom. The van der Waals surface area contributed by atoms with Crippen LogP contribution in [0.3, 0.4) is 0 Å². The van der Waals surface area contributed by atoms with Gasteiger partial charge in [-0.2, -0.15) is 0 Å². The van der Waals surface area contributed by atoms with Crippen molar-refractivity contribution in [3.05, 3.63) is 212 Å². The molecule has 0 fully saturated rings. The van der Waals surface area contributed by atoms with Crippen molar-refractivity contribution in [3.63, 3.8) is 0 Å². The average Bonchev–Trinajstić information content (AvgIpc) is 3.59. The monoisotopic (exact) mass is 697 g/mol. The predicted octanol–water partition coefficient (Wildman–Crippen LogP) is 14.9. The van der Waals surface area contributed by atoms with E-state index < -0.39 is 0 Å². The largest absolute Gasteiger partial charge is 0.309 e. The quantitative estimate of drug-likeness (QED) is 0.158. The van der Waals surface area contributed by atoms with Gasteiger partial charge in [-0.3, -0.25) is 0 Å². The zero-order valence-electron chi connectivity index (χ0n) is 30.2. The molecular weight excluding hydrogens is 663 g/mol. The molecule has 0 aliphatic rings. The van der Waals surface area contributed by atoms with E-state index in [2.05, 4.69) is 217 Å². The second kappa shape index (κ2) is 12.7. The van der Waals surface area contributed by atoms with E-state index in [-0.39, 0.29) is 0 Å². The summed E-state index contributed by atoms with van der Waals surface area (Å²) in [5.74, 6) is 0. The molecule has 0 spiro atoms. The Labute approximate surface area is 320 Å². The lowest BCUT2D eigenvalue weighted by Gasteiger charge is -2.11. The minimum atomic E-state index is 1.15. The fourth-order valence-electron chi connectivity index (χ4n) is 8.51. The predicted molar refractivity (Wildman–Crippen MR) is 235 cm³/mol. The highest BCUT2D eigenvalue weighted by Crippen LogP contribution is 2.38. The Balaban J connectivity index is 0.993. The normalized spacial score (nSPS) is 11.6. The Kier molecular flexibility index (Phi) is 7.25. The fraction of sp³-hybridized carbons (Fsp3) is 0. The van der Waals surface area contributed by atoms with Crippen molar-refractivity contribution in [1.82, 2.24) is 4.57 Å². The molecule has 1 nitrogen and oxygen atoms in total. The average molecular weight is 698 g/mol. The van der Waals surface area contributed by atoms with Gasteiger partial charge in [0.15, 0.2) is 0 Å². The molecule has 0 amide bonds. The van der Waals surface area contributed by atoms with Crippen LogP contribution in [-0.4, -0.2) is 4.57 Å². The van der Waals surface area contributed by atoms with E-state index in [1.165, 1.54) is 98.6 Å². The molecule has 0 N–H and O–H groups in total. The zero-order valence-corrected chi connectivity index (χ0v) is 30.2. The molecule has 11 aromatic rings. The highest BCUT2D eigenvalue weighted by Gasteiger charge is 2.15. The maximum Gasteiger partial charge on any atom is 0.0541 e. The van der Waals surface area contributed by atoms with Crippen molar-refractivity contribution >= 4 is 54.1 Å². The van der Waals surface area contributed by atoms with Crippen LogP contribution >= 0.6 is 0 Å². The molecule has 0 saturated carbocycles. The molecule has 0 radical (unpaired) electrons. The van der Waals surface area contributed by atoms with Gasteiger partial charge in [0.2, 0.25) is 0 Å². The zero-order chi connectivity index (χ0) is 36.3. The molecular formula is C54H35N. The molecule has 10 aromatic carbocycles. The Morgan fingerprint density at radius 3 is 1.31 bits per heavy atom. The van der Waals surface area contributed by atoms with E-state index in [4.69, 9.17) is 0 Å². The van der Waals surface area contributed by atoms with E-state index in [0.717, 1.165) is 5.69 Å². The first-order chi connectivity index (χ1) is 27.2. The van der Waals surface area contributed by atoms with Crippen molar-refractivity contribution in [2.24, 2.45) is 0 Å². The molecule has 0 atom stereocenters. The van der Waals surface area contributed by atoms with Gasteiger partial charge in [0, 0.05) is 16.5 Å². The van der Waals surface area contributed by atoms with Crippen LogP contribution in [0.25, 0.3) is 104 Å². The summed E-state index contributed by atoms with van der Waals surface area (Å²) in [7, 11) is 0. The number of hydrogen-bond acceptors (Lipinski definition) is 0. The third kappa shape index (κ3) is 5.40. The number of rotatable bonds is 5. The van der Waals surface area contributed by atoms with Crippen LogP contribution in [-0.2, 0) is 0 Å². The first-order valence-corrected chi connectivity index (χ1v) is 19.0. The molecule has 0 aliphatic carbocycles. The summed E-state index contributed by atoms with van der Waals surface area (Å²) < 4.78 is 2.42. The van der Waals surface area contributed by atoms with Crippen LogP contribution in [0.1, 0.15) is 0 Å². The van der Waals surface area contributed by atoms with Gasteiger partial charge in [-0.05, 0) is 125 Å².